The Morgan fingerprint density at radius 1 is 1.34 bits per heavy atom. The van der Waals surface area contributed by atoms with Crippen LogP contribution in [0.1, 0.15) is 40.7 Å². The topological polar surface area (TPSA) is 100 Å². The highest BCUT2D eigenvalue weighted by atomic mass is 32.1. The summed E-state index contributed by atoms with van der Waals surface area (Å²) in [5.41, 5.74) is 1.27. The third-order valence-corrected chi connectivity index (χ3v) is 5.89. The van der Waals surface area contributed by atoms with Crippen molar-refractivity contribution in [3.63, 3.8) is 0 Å². The second kappa shape index (κ2) is 9.17. The van der Waals surface area contributed by atoms with Gasteiger partial charge in [-0.05, 0) is 29.9 Å². The molecule has 29 heavy (non-hydrogen) atoms. The molecule has 9 nitrogen and oxygen atoms in total. The van der Waals surface area contributed by atoms with Gasteiger partial charge in [-0.3, -0.25) is 14.4 Å². The highest BCUT2D eigenvalue weighted by molar-refractivity contribution is 7.10. The van der Waals surface area contributed by atoms with E-state index >= 15 is 0 Å². The van der Waals surface area contributed by atoms with Crippen molar-refractivity contribution in [1.82, 2.24) is 30.1 Å². The maximum Gasteiger partial charge on any atom is 0.274 e. The highest BCUT2D eigenvalue weighted by Gasteiger charge is 2.29. The summed E-state index contributed by atoms with van der Waals surface area (Å²) in [5, 5.41) is 12.5. The van der Waals surface area contributed by atoms with Gasteiger partial charge in [-0.1, -0.05) is 18.6 Å². The van der Waals surface area contributed by atoms with E-state index < -0.39 is 11.9 Å². The molecule has 0 bridgehead atoms. The maximum absolute atomic E-state index is 13.0. The summed E-state index contributed by atoms with van der Waals surface area (Å²) >= 11 is 1.72. The number of aromatic nitrogens is 3. The molecule has 0 fully saturated rings. The molecule has 1 aliphatic rings. The molecule has 1 aliphatic heterocycles. The molecule has 1 unspecified atom stereocenters. The van der Waals surface area contributed by atoms with Crippen LogP contribution in [0, 0.1) is 0 Å². The lowest BCUT2D eigenvalue weighted by molar-refractivity contribution is -0.134. The van der Waals surface area contributed by atoms with E-state index in [4.69, 9.17) is 0 Å². The van der Waals surface area contributed by atoms with E-state index in [1.54, 1.807) is 25.4 Å². The highest BCUT2D eigenvalue weighted by Crippen LogP contribution is 2.24. The van der Waals surface area contributed by atoms with E-state index in [9.17, 15) is 14.4 Å². The first-order valence-electron chi connectivity index (χ1n) is 9.64. The van der Waals surface area contributed by atoms with Gasteiger partial charge in [0.15, 0.2) is 5.69 Å². The molecule has 1 N–H and O–H groups in total. The Hall–Kier alpha value is -2.75. The Morgan fingerprint density at radius 2 is 2.14 bits per heavy atom. The lowest BCUT2D eigenvalue weighted by Gasteiger charge is -2.30. The molecule has 156 valence electrons. The molecule has 0 spiro atoms. The van der Waals surface area contributed by atoms with Crippen LogP contribution in [-0.4, -0.2) is 69.2 Å². The predicted molar refractivity (Wildman–Crippen MR) is 108 cm³/mol. The fourth-order valence-corrected chi connectivity index (χ4v) is 4.08. The van der Waals surface area contributed by atoms with Crippen molar-refractivity contribution in [2.45, 2.75) is 45.3 Å². The average molecular weight is 419 g/mol. The van der Waals surface area contributed by atoms with Crippen LogP contribution >= 0.6 is 11.3 Å². The Labute approximate surface area is 173 Å². The number of thiophene rings is 1. The van der Waals surface area contributed by atoms with E-state index in [1.165, 1.54) is 26.2 Å². The molecule has 0 aliphatic carbocycles. The normalized spacial score (nSPS) is 14.2. The number of hydrogen-bond acceptors (Lipinski definition) is 6. The third-order valence-electron chi connectivity index (χ3n) is 4.87. The Bertz CT molecular complexity index is 890. The van der Waals surface area contributed by atoms with Crippen molar-refractivity contribution in [2.24, 2.45) is 0 Å². The number of amides is 3. The SMILES string of the molecule is CCCC(NC(=O)c1cn(CC(=O)N(C)C)nn1)C(=O)N1CCc2sccc2C1. The standard InChI is InChI=1S/C19H26N6O3S/c1-4-5-14(19(28)24-8-6-16-13(10-24)7-9-29-16)20-18(27)15-11-25(22-21-15)12-17(26)23(2)3/h7,9,11,14H,4-6,8,10,12H2,1-3H3,(H,20,27). The first kappa shape index (κ1) is 21.0. The monoisotopic (exact) mass is 418 g/mol. The van der Waals surface area contributed by atoms with Gasteiger partial charge >= 0.3 is 0 Å². The Morgan fingerprint density at radius 3 is 2.86 bits per heavy atom. The second-order valence-corrected chi connectivity index (χ2v) is 8.28. The van der Waals surface area contributed by atoms with Crippen LogP contribution in [0.2, 0.25) is 0 Å². The number of fused-ring (bicyclic) bond motifs is 1. The zero-order valence-corrected chi connectivity index (χ0v) is 17.7. The molecule has 2 aromatic heterocycles. The van der Waals surface area contributed by atoms with Gasteiger partial charge in [0.1, 0.15) is 12.6 Å². The van der Waals surface area contributed by atoms with Crippen molar-refractivity contribution in [1.29, 1.82) is 0 Å². The maximum atomic E-state index is 13.0. The van der Waals surface area contributed by atoms with Crippen molar-refractivity contribution in [2.75, 3.05) is 20.6 Å². The van der Waals surface area contributed by atoms with Crippen LogP contribution in [0.4, 0.5) is 0 Å². The summed E-state index contributed by atoms with van der Waals surface area (Å²) in [5.74, 6) is -0.695. The molecule has 0 saturated heterocycles. The molecule has 2 aromatic rings. The van der Waals surface area contributed by atoms with Gasteiger partial charge in [0.05, 0.1) is 6.20 Å². The minimum absolute atomic E-state index is 0.00134. The minimum atomic E-state index is -0.610. The zero-order valence-electron chi connectivity index (χ0n) is 16.9. The first-order valence-corrected chi connectivity index (χ1v) is 10.5. The van der Waals surface area contributed by atoms with Crippen LogP contribution in [0.15, 0.2) is 17.6 Å². The first-order chi connectivity index (χ1) is 13.9. The Kier molecular flexibility index (Phi) is 6.63. The van der Waals surface area contributed by atoms with Gasteiger partial charge in [0.25, 0.3) is 5.91 Å². The molecule has 0 aromatic carbocycles. The molecule has 0 saturated carbocycles. The van der Waals surface area contributed by atoms with Crippen LogP contribution in [0.25, 0.3) is 0 Å². The number of likely N-dealkylation sites (N-methyl/N-ethyl adjacent to an activating group) is 1. The van der Waals surface area contributed by atoms with Crippen LogP contribution in [0.5, 0.6) is 0 Å². The smallest absolute Gasteiger partial charge is 0.274 e. The molecular formula is C19H26N6O3S. The lowest BCUT2D eigenvalue weighted by Crippen LogP contribution is -2.49. The molecule has 3 rings (SSSR count). The van der Waals surface area contributed by atoms with Gasteiger partial charge in [-0.25, -0.2) is 4.68 Å². The summed E-state index contributed by atoms with van der Waals surface area (Å²) in [6.45, 7) is 3.21. The molecule has 0 radical (unpaired) electrons. The van der Waals surface area contributed by atoms with Crippen LogP contribution < -0.4 is 5.32 Å². The summed E-state index contributed by atoms with van der Waals surface area (Å²) < 4.78 is 1.32. The van der Waals surface area contributed by atoms with Crippen molar-refractivity contribution in [3.8, 4) is 0 Å². The largest absolute Gasteiger partial charge is 0.347 e. The number of nitrogens with one attached hydrogen (secondary N) is 1. The number of carbonyl (C=O) groups excluding carboxylic acids is 3. The number of carbonyl (C=O) groups is 3. The van der Waals surface area contributed by atoms with E-state index in [-0.39, 0.29) is 24.1 Å². The predicted octanol–water partition coefficient (Wildman–Crippen LogP) is 0.911. The van der Waals surface area contributed by atoms with E-state index in [0.29, 0.717) is 19.5 Å². The Balaban J connectivity index is 1.64. The number of hydrogen-bond donors (Lipinski definition) is 1. The van der Waals surface area contributed by atoms with Crippen molar-refractivity contribution >= 4 is 29.1 Å². The average Bonchev–Trinajstić information content (AvgIpc) is 3.35. The number of rotatable bonds is 7. The van der Waals surface area contributed by atoms with Gasteiger partial charge in [-0.15, -0.1) is 16.4 Å². The van der Waals surface area contributed by atoms with Crippen molar-refractivity contribution < 1.29 is 14.4 Å². The molecular weight excluding hydrogens is 392 g/mol. The van der Waals surface area contributed by atoms with Gasteiger partial charge in [0.2, 0.25) is 11.8 Å². The van der Waals surface area contributed by atoms with Crippen LogP contribution in [-0.2, 0) is 29.1 Å². The van der Waals surface area contributed by atoms with Crippen LogP contribution in [0.3, 0.4) is 0 Å². The summed E-state index contributed by atoms with van der Waals surface area (Å²) in [4.78, 5) is 42.0. The third kappa shape index (κ3) is 5.00. The quantitative estimate of drug-likeness (QED) is 0.720. The summed E-state index contributed by atoms with van der Waals surface area (Å²) in [6.07, 6.45) is 3.57. The van der Waals surface area contributed by atoms with E-state index in [0.717, 1.165) is 12.8 Å². The molecule has 3 amide bonds. The van der Waals surface area contributed by atoms with Gasteiger partial charge in [0, 0.05) is 32.1 Å². The molecule has 3 heterocycles. The summed E-state index contributed by atoms with van der Waals surface area (Å²) in [6, 6.07) is 1.45. The van der Waals surface area contributed by atoms with E-state index in [1.807, 2.05) is 17.2 Å². The fourth-order valence-electron chi connectivity index (χ4n) is 3.19. The molecule has 1 atom stereocenters. The second-order valence-electron chi connectivity index (χ2n) is 7.28. The number of nitrogens with zero attached hydrogens (tertiary/aromatic N) is 5. The van der Waals surface area contributed by atoms with Gasteiger partial charge in [-0.2, -0.15) is 0 Å². The lowest BCUT2D eigenvalue weighted by atomic mass is 10.1. The molecule has 10 heteroatoms. The van der Waals surface area contributed by atoms with Gasteiger partial charge < -0.3 is 15.1 Å². The van der Waals surface area contributed by atoms with E-state index in [2.05, 4.69) is 21.7 Å². The zero-order chi connectivity index (χ0) is 21.0. The minimum Gasteiger partial charge on any atom is -0.347 e. The fraction of sp³-hybridized carbons (Fsp3) is 0.526. The van der Waals surface area contributed by atoms with Crippen molar-refractivity contribution in [3.05, 3.63) is 33.8 Å². The summed E-state index contributed by atoms with van der Waals surface area (Å²) in [7, 11) is 3.29.